The molecule has 3 heteroatoms. The Morgan fingerprint density at radius 1 is 0.391 bits per heavy atom. The monoisotopic (exact) mass is 886 g/mol. The molecule has 332 valence electrons. The Bertz CT molecular complexity index is 3650. The quantitative estimate of drug-likeness (QED) is 0.160. The Hall–Kier alpha value is -7.36. The maximum Gasteiger partial charge on any atom is 0.333 e. The van der Waals surface area contributed by atoms with E-state index in [1.54, 1.807) is 0 Å². The van der Waals surface area contributed by atoms with Crippen molar-refractivity contribution < 1.29 is 0 Å². The highest BCUT2D eigenvalue weighted by molar-refractivity contribution is 6.94. The smallest absolute Gasteiger partial charge is 0.333 e. The van der Waals surface area contributed by atoms with Crippen LogP contribution in [0.5, 0.6) is 0 Å². The normalized spacial score (nSPS) is 15.7. The lowest BCUT2D eigenvalue weighted by Gasteiger charge is -2.53. The van der Waals surface area contributed by atoms with Crippen LogP contribution in [0.15, 0.2) is 188 Å². The lowest BCUT2D eigenvalue weighted by Crippen LogP contribution is -2.63. The molecule has 9 aromatic rings. The van der Waals surface area contributed by atoms with Gasteiger partial charge < -0.3 is 9.71 Å². The Labute approximate surface area is 408 Å². The molecule has 1 spiro atoms. The largest absolute Gasteiger partial charge is 0.376 e. The molecule has 3 heterocycles. The summed E-state index contributed by atoms with van der Waals surface area (Å²) in [6, 6.07) is 72.9. The van der Waals surface area contributed by atoms with E-state index >= 15 is 0 Å². The molecule has 0 N–H and O–H groups in total. The summed E-state index contributed by atoms with van der Waals surface area (Å²) in [6.45, 7) is 18.9. The summed E-state index contributed by atoms with van der Waals surface area (Å²) in [6.07, 6.45) is 0. The molecule has 0 unspecified atom stereocenters. The van der Waals surface area contributed by atoms with E-state index in [9.17, 15) is 0 Å². The van der Waals surface area contributed by atoms with Crippen molar-refractivity contribution in [1.29, 1.82) is 0 Å². The van der Waals surface area contributed by atoms with Gasteiger partial charge in [0, 0.05) is 39.2 Å². The Balaban J connectivity index is 1.17. The number of benzene rings is 9. The highest BCUT2D eigenvalue weighted by atomic mass is 15.2. The Morgan fingerprint density at radius 2 is 0.971 bits per heavy atom. The molecule has 0 saturated heterocycles. The van der Waals surface area contributed by atoms with Crippen LogP contribution >= 0.6 is 0 Å². The maximum atomic E-state index is 2.78. The lowest BCUT2D eigenvalue weighted by molar-refractivity contribution is 0.590. The summed E-state index contributed by atoms with van der Waals surface area (Å²) in [5.41, 5.74) is 29.4. The van der Waals surface area contributed by atoms with Gasteiger partial charge in [0.15, 0.2) is 0 Å². The van der Waals surface area contributed by atoms with Gasteiger partial charge in [-0.25, -0.2) is 0 Å². The van der Waals surface area contributed by atoms with Crippen LogP contribution in [0.1, 0.15) is 99.9 Å². The van der Waals surface area contributed by atoms with Crippen molar-refractivity contribution in [2.45, 2.75) is 77.0 Å². The van der Waals surface area contributed by atoms with Gasteiger partial charge in [-0.05, 0) is 118 Å². The molecule has 14 rings (SSSR count). The van der Waals surface area contributed by atoms with Crippen LogP contribution in [0.4, 0.5) is 28.4 Å². The Kier molecular flexibility index (Phi) is 8.06. The van der Waals surface area contributed by atoms with E-state index in [-0.39, 0.29) is 23.1 Å². The predicted octanol–water partition coefficient (Wildman–Crippen LogP) is 15.6. The average molecular weight is 887 g/mol. The molecular weight excluding hydrogens is 832 g/mol. The molecule has 5 aliphatic rings. The zero-order valence-corrected chi connectivity index (χ0v) is 40.9. The third kappa shape index (κ3) is 5.18. The fraction of sp³-hybridized carbons (Fsp3) is 0.182. The van der Waals surface area contributed by atoms with E-state index in [1.807, 2.05) is 0 Å². The molecule has 0 radical (unpaired) electrons. The maximum absolute atomic E-state index is 2.78. The van der Waals surface area contributed by atoms with Crippen LogP contribution in [0.2, 0.25) is 0 Å². The van der Waals surface area contributed by atoms with Crippen LogP contribution < -0.4 is 20.6 Å². The molecule has 0 atom stereocenters. The number of hydrogen-bond acceptors (Lipinski definition) is 2. The van der Waals surface area contributed by atoms with Gasteiger partial charge in [-0.15, -0.1) is 0 Å². The molecule has 2 nitrogen and oxygen atoms in total. The minimum absolute atomic E-state index is 0.0384. The van der Waals surface area contributed by atoms with Crippen molar-refractivity contribution >= 4 is 46.2 Å². The predicted molar refractivity (Wildman–Crippen MR) is 291 cm³/mol. The zero-order valence-electron chi connectivity index (χ0n) is 40.9. The van der Waals surface area contributed by atoms with Crippen LogP contribution in [0.3, 0.4) is 0 Å². The van der Waals surface area contributed by atoms with Crippen LogP contribution in [0.25, 0.3) is 44.5 Å². The van der Waals surface area contributed by atoms with Crippen LogP contribution in [0, 0.1) is 0 Å². The van der Waals surface area contributed by atoms with Crippen molar-refractivity contribution in [3.63, 3.8) is 0 Å². The first-order valence-corrected chi connectivity index (χ1v) is 25.0. The molecule has 2 aliphatic carbocycles. The van der Waals surface area contributed by atoms with E-state index in [0.29, 0.717) is 0 Å². The van der Waals surface area contributed by atoms with Gasteiger partial charge in [-0.3, -0.25) is 0 Å². The topological polar surface area (TPSA) is 6.48 Å². The molecular formula is C66H55BN2. The average Bonchev–Trinajstić information content (AvgIpc) is 3.78. The SMILES string of the molecule is CC(C)(C)c1ccc(N2c3cc(C(C)(C)C)cc4c3B(c3ccc5c(c32)-c2ccccc2C5(C)C)N2c3ccccc3C3(c5ccccc5-c5ccccc53)c3cccc-4c32)c(-c2ccccc2)c1. The van der Waals surface area contributed by atoms with E-state index < -0.39 is 5.41 Å². The minimum Gasteiger partial charge on any atom is -0.376 e. The summed E-state index contributed by atoms with van der Waals surface area (Å²) < 4.78 is 0. The van der Waals surface area contributed by atoms with Crippen molar-refractivity contribution in [1.82, 2.24) is 0 Å². The molecule has 0 saturated carbocycles. The van der Waals surface area contributed by atoms with E-state index in [2.05, 4.69) is 253 Å². The summed E-state index contributed by atoms with van der Waals surface area (Å²) in [5.74, 6) is 0. The fourth-order valence-corrected chi connectivity index (χ4v) is 13.5. The first-order valence-electron chi connectivity index (χ1n) is 25.0. The molecule has 0 aromatic heterocycles. The number of hydrogen-bond donors (Lipinski definition) is 0. The van der Waals surface area contributed by atoms with Gasteiger partial charge in [0.05, 0.1) is 16.8 Å². The molecule has 0 amide bonds. The van der Waals surface area contributed by atoms with Gasteiger partial charge in [0.1, 0.15) is 0 Å². The number of rotatable bonds is 2. The standard InChI is InChI=1S/C66H55BN2/c1-63(2,3)41-33-36-56(47(37-41)40-21-10-9-11-22-40)68-58-39-42(64(4,5)6)38-48-45-26-20-31-54-61(45)69(67(60(48)58)55-35-34-53-59(62(55)68)46-25-14-15-27-49(46)65(53,7)8)57-32-19-18-30-52(57)66(54)50-28-16-12-23-43(50)44-24-13-17-29-51(44)66/h9-39H,1-8H3. The number of para-hydroxylation sites is 2. The van der Waals surface area contributed by atoms with E-state index in [1.165, 1.54) is 128 Å². The first-order chi connectivity index (χ1) is 33.3. The van der Waals surface area contributed by atoms with Gasteiger partial charge in [0.2, 0.25) is 0 Å². The van der Waals surface area contributed by atoms with E-state index in [0.717, 1.165) is 0 Å². The number of nitrogens with zero attached hydrogens (tertiary/aromatic N) is 2. The fourth-order valence-electron chi connectivity index (χ4n) is 13.5. The van der Waals surface area contributed by atoms with Crippen molar-refractivity contribution in [2.75, 3.05) is 9.71 Å². The van der Waals surface area contributed by atoms with Gasteiger partial charge >= 0.3 is 6.85 Å². The van der Waals surface area contributed by atoms with Gasteiger partial charge in [-0.2, -0.15) is 0 Å². The zero-order chi connectivity index (χ0) is 46.9. The number of anilines is 5. The molecule has 9 aromatic carbocycles. The third-order valence-corrected chi connectivity index (χ3v) is 16.7. The number of fused-ring (bicyclic) bond motifs is 17. The highest BCUT2D eigenvalue weighted by Crippen LogP contribution is 2.65. The molecule has 69 heavy (non-hydrogen) atoms. The second-order valence-electron chi connectivity index (χ2n) is 22.8. The second kappa shape index (κ2) is 13.7. The summed E-state index contributed by atoms with van der Waals surface area (Å²) in [5, 5.41) is 0. The van der Waals surface area contributed by atoms with Crippen molar-refractivity contribution in [2.24, 2.45) is 0 Å². The lowest BCUT2D eigenvalue weighted by atomic mass is 9.41. The highest BCUT2D eigenvalue weighted by Gasteiger charge is 2.57. The van der Waals surface area contributed by atoms with Crippen LogP contribution in [-0.2, 0) is 21.7 Å². The molecule has 0 fully saturated rings. The molecule has 3 aliphatic heterocycles. The molecule has 0 bridgehead atoms. The van der Waals surface area contributed by atoms with Gasteiger partial charge in [-0.1, -0.05) is 219 Å². The minimum atomic E-state index is -0.503. The van der Waals surface area contributed by atoms with Crippen molar-refractivity contribution in [3.8, 4) is 44.5 Å². The summed E-state index contributed by atoms with van der Waals surface area (Å²) >= 11 is 0. The third-order valence-electron chi connectivity index (χ3n) is 16.7. The summed E-state index contributed by atoms with van der Waals surface area (Å²) in [7, 11) is 0. The van der Waals surface area contributed by atoms with Crippen LogP contribution in [-0.4, -0.2) is 6.85 Å². The second-order valence-corrected chi connectivity index (χ2v) is 22.8. The van der Waals surface area contributed by atoms with Gasteiger partial charge in [0.25, 0.3) is 0 Å². The Morgan fingerprint density at radius 3 is 1.67 bits per heavy atom. The van der Waals surface area contributed by atoms with E-state index in [4.69, 9.17) is 0 Å². The first kappa shape index (κ1) is 40.7. The summed E-state index contributed by atoms with van der Waals surface area (Å²) in [4.78, 5) is 5.51. The van der Waals surface area contributed by atoms with Crippen molar-refractivity contribution in [3.05, 3.63) is 233 Å².